The topological polar surface area (TPSA) is 18.5 Å². The second kappa shape index (κ2) is 7.08. The zero-order valence-electron chi connectivity index (χ0n) is 15.1. The van der Waals surface area contributed by atoms with Gasteiger partial charge in [0.2, 0.25) is 0 Å². The van der Waals surface area contributed by atoms with Crippen LogP contribution in [0, 0.1) is 11.8 Å². The van der Waals surface area contributed by atoms with Gasteiger partial charge in [-0.3, -0.25) is 0 Å². The smallest absolute Gasteiger partial charge is 0.118 e. The van der Waals surface area contributed by atoms with Crippen LogP contribution in [0.5, 0.6) is 11.5 Å². The number of ether oxygens (including phenoxy) is 2. The predicted octanol–water partition coefficient (Wildman–Crippen LogP) is 5.30. The van der Waals surface area contributed by atoms with Crippen molar-refractivity contribution in [2.75, 3.05) is 14.2 Å². The van der Waals surface area contributed by atoms with E-state index in [1.807, 2.05) is 0 Å². The van der Waals surface area contributed by atoms with Gasteiger partial charge in [-0.2, -0.15) is 0 Å². The van der Waals surface area contributed by atoms with Crippen LogP contribution in [0.1, 0.15) is 38.8 Å². The Morgan fingerprint density at radius 2 is 0.913 bits per heavy atom. The first-order valence-electron chi connectivity index (χ1n) is 8.25. The van der Waals surface area contributed by atoms with E-state index in [-0.39, 0.29) is 5.41 Å². The summed E-state index contributed by atoms with van der Waals surface area (Å²) >= 11 is 0. The molecule has 2 heteroatoms. The average molecular weight is 312 g/mol. The normalized spacial score (nSPS) is 11.8. The molecule has 0 bridgehead atoms. The Bertz CT molecular complexity index is 552. The third-order valence-corrected chi connectivity index (χ3v) is 4.96. The van der Waals surface area contributed by atoms with Crippen LogP contribution in [0.25, 0.3) is 0 Å². The Morgan fingerprint density at radius 1 is 0.609 bits per heavy atom. The molecule has 2 rings (SSSR count). The number of methoxy groups -OCH3 is 2. The van der Waals surface area contributed by atoms with E-state index < -0.39 is 0 Å². The Kier molecular flexibility index (Phi) is 5.35. The summed E-state index contributed by atoms with van der Waals surface area (Å²) in [5, 5.41) is 0. The van der Waals surface area contributed by atoms with Gasteiger partial charge in [-0.1, -0.05) is 52.0 Å². The molecule has 23 heavy (non-hydrogen) atoms. The molecule has 0 saturated carbocycles. The van der Waals surface area contributed by atoms with Gasteiger partial charge in [0, 0.05) is 5.41 Å². The molecule has 2 nitrogen and oxygen atoms in total. The summed E-state index contributed by atoms with van der Waals surface area (Å²) in [5.41, 5.74) is 2.61. The van der Waals surface area contributed by atoms with Crippen molar-refractivity contribution in [3.05, 3.63) is 59.7 Å². The van der Waals surface area contributed by atoms with Gasteiger partial charge in [-0.05, 0) is 47.2 Å². The Balaban J connectivity index is 2.62. The largest absolute Gasteiger partial charge is 0.497 e. The second-order valence-electron chi connectivity index (χ2n) is 6.64. The molecule has 0 spiro atoms. The summed E-state index contributed by atoms with van der Waals surface area (Å²) in [7, 11) is 3.41. The van der Waals surface area contributed by atoms with Crippen molar-refractivity contribution in [3.63, 3.8) is 0 Å². The minimum atomic E-state index is -0.0431. The van der Waals surface area contributed by atoms with Crippen molar-refractivity contribution < 1.29 is 9.47 Å². The fraction of sp³-hybridized carbons (Fsp3) is 0.429. The summed E-state index contributed by atoms with van der Waals surface area (Å²) < 4.78 is 10.6. The van der Waals surface area contributed by atoms with Crippen LogP contribution >= 0.6 is 0 Å². The summed E-state index contributed by atoms with van der Waals surface area (Å²) in [6.07, 6.45) is 0. The van der Waals surface area contributed by atoms with Gasteiger partial charge < -0.3 is 9.47 Å². The van der Waals surface area contributed by atoms with Crippen molar-refractivity contribution in [1.82, 2.24) is 0 Å². The van der Waals surface area contributed by atoms with E-state index in [1.54, 1.807) is 14.2 Å². The van der Waals surface area contributed by atoms with E-state index in [9.17, 15) is 0 Å². The highest BCUT2D eigenvalue weighted by molar-refractivity contribution is 5.44. The molecule has 0 saturated heterocycles. The lowest BCUT2D eigenvalue weighted by atomic mass is 9.60. The van der Waals surface area contributed by atoms with Crippen LogP contribution in [-0.2, 0) is 5.41 Å². The highest BCUT2D eigenvalue weighted by atomic mass is 16.5. The van der Waals surface area contributed by atoms with Crippen LogP contribution in [0.15, 0.2) is 48.5 Å². The molecule has 0 aliphatic rings. The van der Waals surface area contributed by atoms with Crippen molar-refractivity contribution >= 4 is 0 Å². The van der Waals surface area contributed by atoms with Crippen LogP contribution in [-0.4, -0.2) is 14.2 Å². The average Bonchev–Trinajstić information content (AvgIpc) is 2.56. The fourth-order valence-electron chi connectivity index (χ4n) is 3.90. The number of hydrogen-bond acceptors (Lipinski definition) is 2. The van der Waals surface area contributed by atoms with Crippen molar-refractivity contribution in [1.29, 1.82) is 0 Å². The van der Waals surface area contributed by atoms with Crippen molar-refractivity contribution in [3.8, 4) is 11.5 Å². The number of benzene rings is 2. The van der Waals surface area contributed by atoms with Crippen LogP contribution in [0.3, 0.4) is 0 Å². The van der Waals surface area contributed by atoms with Gasteiger partial charge in [-0.25, -0.2) is 0 Å². The SMILES string of the molecule is COc1ccc(C(c2ccc(OC)cc2)(C(C)C)C(C)C)cc1. The Morgan fingerprint density at radius 3 is 1.13 bits per heavy atom. The van der Waals surface area contributed by atoms with Gasteiger partial charge in [0.1, 0.15) is 11.5 Å². The highest BCUT2D eigenvalue weighted by Gasteiger charge is 2.40. The Labute approximate surface area is 140 Å². The van der Waals surface area contributed by atoms with Gasteiger partial charge in [-0.15, -0.1) is 0 Å². The maximum Gasteiger partial charge on any atom is 0.118 e. The van der Waals surface area contributed by atoms with Crippen LogP contribution < -0.4 is 9.47 Å². The minimum absolute atomic E-state index is 0.0431. The predicted molar refractivity (Wildman–Crippen MR) is 96.4 cm³/mol. The molecule has 0 N–H and O–H groups in total. The molecule has 2 aromatic rings. The molecule has 0 unspecified atom stereocenters. The quantitative estimate of drug-likeness (QED) is 0.720. The van der Waals surface area contributed by atoms with Gasteiger partial charge in [0.05, 0.1) is 14.2 Å². The highest BCUT2D eigenvalue weighted by Crippen LogP contribution is 2.46. The van der Waals surface area contributed by atoms with Crippen molar-refractivity contribution in [2.45, 2.75) is 33.1 Å². The summed E-state index contributed by atoms with van der Waals surface area (Å²) in [6.45, 7) is 9.20. The van der Waals surface area contributed by atoms with Gasteiger partial charge >= 0.3 is 0 Å². The van der Waals surface area contributed by atoms with E-state index in [0.29, 0.717) is 11.8 Å². The number of hydrogen-bond donors (Lipinski definition) is 0. The van der Waals surface area contributed by atoms with E-state index in [2.05, 4.69) is 76.2 Å². The third kappa shape index (κ3) is 3.08. The van der Waals surface area contributed by atoms with E-state index >= 15 is 0 Å². The summed E-state index contributed by atoms with van der Waals surface area (Å²) in [4.78, 5) is 0. The lowest BCUT2D eigenvalue weighted by molar-refractivity contribution is 0.272. The van der Waals surface area contributed by atoms with E-state index in [1.165, 1.54) is 11.1 Å². The molecule has 0 aliphatic carbocycles. The van der Waals surface area contributed by atoms with Crippen LogP contribution in [0.4, 0.5) is 0 Å². The van der Waals surface area contributed by atoms with E-state index in [4.69, 9.17) is 9.47 Å². The Hall–Kier alpha value is -1.96. The lowest BCUT2D eigenvalue weighted by Gasteiger charge is -2.43. The fourth-order valence-corrected chi connectivity index (χ4v) is 3.90. The molecule has 0 fully saturated rings. The first-order valence-corrected chi connectivity index (χ1v) is 8.25. The maximum atomic E-state index is 5.32. The molecule has 0 atom stereocenters. The molecule has 2 aromatic carbocycles. The molecular weight excluding hydrogens is 284 g/mol. The summed E-state index contributed by atoms with van der Waals surface area (Å²) in [6, 6.07) is 17.0. The zero-order valence-corrected chi connectivity index (χ0v) is 15.1. The maximum absolute atomic E-state index is 5.32. The number of rotatable bonds is 6. The van der Waals surface area contributed by atoms with Gasteiger partial charge in [0.25, 0.3) is 0 Å². The molecule has 0 heterocycles. The van der Waals surface area contributed by atoms with E-state index in [0.717, 1.165) is 11.5 Å². The first kappa shape index (κ1) is 17.4. The van der Waals surface area contributed by atoms with Crippen LogP contribution in [0.2, 0.25) is 0 Å². The second-order valence-corrected chi connectivity index (χ2v) is 6.64. The molecule has 124 valence electrons. The third-order valence-electron chi connectivity index (χ3n) is 4.96. The molecule has 0 radical (unpaired) electrons. The van der Waals surface area contributed by atoms with Gasteiger partial charge in [0.15, 0.2) is 0 Å². The monoisotopic (exact) mass is 312 g/mol. The zero-order chi connectivity index (χ0) is 17.0. The lowest BCUT2D eigenvalue weighted by Crippen LogP contribution is -2.39. The molecule has 0 aliphatic heterocycles. The molecule has 0 aromatic heterocycles. The minimum Gasteiger partial charge on any atom is -0.497 e. The molecule has 0 amide bonds. The molecular formula is C21H28O2. The summed E-state index contributed by atoms with van der Waals surface area (Å²) in [5.74, 6) is 2.71. The van der Waals surface area contributed by atoms with Crippen molar-refractivity contribution in [2.24, 2.45) is 11.8 Å². The standard InChI is InChI=1S/C21H28O2/c1-15(2)21(16(3)4,17-7-11-19(22-5)12-8-17)18-9-13-20(23-6)14-10-18/h7-16H,1-6H3. The first-order chi connectivity index (χ1) is 11.0.